The number of H-pyrrole nitrogens is 2. The molecule has 0 unspecified atom stereocenters. The van der Waals surface area contributed by atoms with Crippen molar-refractivity contribution in [2.45, 2.75) is 53.4 Å². The van der Waals surface area contributed by atoms with Crippen LogP contribution in [0.15, 0.2) is 43.5 Å². The summed E-state index contributed by atoms with van der Waals surface area (Å²) in [4.78, 5) is 40.8. The van der Waals surface area contributed by atoms with Gasteiger partial charge in [-0.15, -0.1) is 0 Å². The van der Waals surface area contributed by atoms with E-state index >= 15 is 0 Å². The number of allylic oxidation sites excluding steroid dienone is 5. The Morgan fingerprint density at radius 1 is 0.791 bits per heavy atom. The zero-order valence-electron chi connectivity index (χ0n) is 25.3. The van der Waals surface area contributed by atoms with E-state index in [0.29, 0.717) is 18.5 Å². The van der Waals surface area contributed by atoms with Crippen LogP contribution in [0.25, 0.3) is 50.4 Å². The Morgan fingerprint density at radius 3 is 2.12 bits per heavy atom. The first-order valence-corrected chi connectivity index (χ1v) is 14.3. The average Bonchev–Trinajstić information content (AvgIpc) is 3.63. The van der Waals surface area contributed by atoms with Crippen LogP contribution in [-0.2, 0) is 20.7 Å². The summed E-state index contributed by atoms with van der Waals surface area (Å²) in [6.07, 6.45) is 4.68. The number of carbonyl (C=O) groups is 2. The number of carboxylic acids is 1. The van der Waals surface area contributed by atoms with E-state index < -0.39 is 5.97 Å². The monoisotopic (exact) mass is 576 g/mol. The summed E-state index contributed by atoms with van der Waals surface area (Å²) in [6, 6.07) is 8.01. The molecule has 0 amide bonds. The number of nitrogens with one attached hydrogen (secondary N) is 2. The summed E-state index contributed by atoms with van der Waals surface area (Å²) >= 11 is 0. The summed E-state index contributed by atoms with van der Waals surface area (Å²) in [7, 11) is 1.39. The second-order valence-corrected chi connectivity index (χ2v) is 10.9. The molecule has 220 valence electrons. The molecule has 8 bridgehead atoms. The molecule has 0 aromatic carbocycles. The van der Waals surface area contributed by atoms with Gasteiger partial charge in [-0.25, -0.2) is 9.97 Å². The van der Waals surface area contributed by atoms with Crippen molar-refractivity contribution in [3.63, 3.8) is 0 Å². The van der Waals surface area contributed by atoms with Crippen molar-refractivity contribution >= 4 is 62.4 Å². The van der Waals surface area contributed by atoms with Gasteiger partial charge in [0.15, 0.2) is 0 Å². The molecule has 0 aliphatic carbocycles. The highest BCUT2D eigenvalue weighted by Gasteiger charge is 2.21. The van der Waals surface area contributed by atoms with E-state index in [4.69, 9.17) is 14.7 Å². The molecule has 0 fully saturated rings. The Labute approximate surface area is 250 Å². The number of fused-ring (bicyclic) bond motifs is 8. The average molecular weight is 577 g/mol. The molecule has 43 heavy (non-hydrogen) atoms. The summed E-state index contributed by atoms with van der Waals surface area (Å²) in [5, 5.41) is 9.48. The Balaban J connectivity index is 1.92. The molecule has 2 aliphatic rings. The van der Waals surface area contributed by atoms with Crippen molar-refractivity contribution in [1.82, 2.24) is 19.9 Å². The molecule has 0 spiro atoms. The van der Waals surface area contributed by atoms with E-state index in [1.165, 1.54) is 7.11 Å². The maximum atomic E-state index is 12.1. The lowest BCUT2D eigenvalue weighted by Gasteiger charge is -2.03. The number of hydrogen-bond donors (Lipinski definition) is 3. The van der Waals surface area contributed by atoms with Crippen molar-refractivity contribution < 1.29 is 19.4 Å². The number of ether oxygens (including phenoxy) is 1. The van der Waals surface area contributed by atoms with Gasteiger partial charge >= 0.3 is 11.9 Å². The van der Waals surface area contributed by atoms with Crippen LogP contribution in [0.1, 0.15) is 78.1 Å². The third-order valence-electron chi connectivity index (χ3n) is 8.44. The number of esters is 1. The van der Waals surface area contributed by atoms with Gasteiger partial charge in [0, 0.05) is 46.0 Å². The van der Waals surface area contributed by atoms with Gasteiger partial charge in [0.2, 0.25) is 0 Å². The van der Waals surface area contributed by atoms with Crippen LogP contribution in [0, 0.1) is 13.8 Å². The van der Waals surface area contributed by atoms with Gasteiger partial charge in [0.05, 0.1) is 29.9 Å². The first kappa shape index (κ1) is 29.5. The lowest BCUT2D eigenvalue weighted by atomic mass is 10.00. The van der Waals surface area contributed by atoms with E-state index in [1.807, 2.05) is 51.1 Å². The zero-order valence-corrected chi connectivity index (χ0v) is 25.3. The molecule has 3 aromatic rings. The minimum absolute atomic E-state index is 0.0171. The van der Waals surface area contributed by atoms with Crippen molar-refractivity contribution in [1.29, 1.82) is 0 Å². The number of hydrogen-bond acceptors (Lipinski definition) is 5. The number of aryl methyl sites for hydroxylation is 3. The van der Waals surface area contributed by atoms with E-state index in [-0.39, 0.29) is 18.8 Å². The molecule has 2 aliphatic heterocycles. The molecule has 5 heterocycles. The molecule has 3 N–H and O–H groups in total. The van der Waals surface area contributed by atoms with Crippen molar-refractivity contribution in [3.05, 3.63) is 88.5 Å². The number of aromatic amines is 2. The molecule has 8 heteroatoms. The predicted molar refractivity (Wildman–Crippen MR) is 173 cm³/mol. The quantitative estimate of drug-likeness (QED) is 0.238. The molecular weight excluding hydrogens is 540 g/mol. The molecule has 5 rings (SSSR count). The molecule has 0 atom stereocenters. The third-order valence-corrected chi connectivity index (χ3v) is 8.44. The Bertz CT molecular complexity index is 1930. The highest BCUT2D eigenvalue weighted by Crippen LogP contribution is 2.37. The first-order chi connectivity index (χ1) is 20.6. The van der Waals surface area contributed by atoms with E-state index in [1.54, 1.807) is 0 Å². The Hall–Kier alpha value is -4.98. The molecule has 0 saturated carbocycles. The summed E-state index contributed by atoms with van der Waals surface area (Å²) < 4.78 is 4.92. The standard InChI is InChI=1S/C35H36N4O4/c1-8-22-18(3)26-14-27-20(5)24(10-12-34(40)41)32(38-27)17-33-25(11-13-35(42)43-7)21(6)29(39-33)16-31-23(9-2)19(4)28(37-31)15-30(22)36-26/h8-9,14-17,37,39H,1-2,10-13H2,3-7H3,(H,40,41). The number of nitrogens with zero attached hydrogens (tertiary/aromatic N) is 2. The first-order valence-electron chi connectivity index (χ1n) is 14.3. The molecule has 0 radical (unpaired) electrons. The summed E-state index contributed by atoms with van der Waals surface area (Å²) in [5.74, 6) is -1.16. The summed E-state index contributed by atoms with van der Waals surface area (Å²) in [6.45, 7) is 16.2. The van der Waals surface area contributed by atoms with E-state index in [0.717, 1.165) is 83.7 Å². The van der Waals surface area contributed by atoms with Crippen molar-refractivity contribution in [2.24, 2.45) is 0 Å². The van der Waals surface area contributed by atoms with Crippen LogP contribution in [0.4, 0.5) is 0 Å². The zero-order chi connectivity index (χ0) is 31.0. The lowest BCUT2D eigenvalue weighted by molar-refractivity contribution is -0.140. The van der Waals surface area contributed by atoms with Crippen LogP contribution < -0.4 is 0 Å². The Kier molecular flexibility index (Phi) is 8.04. The number of carbonyl (C=O) groups excluding carboxylic acids is 1. The summed E-state index contributed by atoms with van der Waals surface area (Å²) in [5.41, 5.74) is 14.2. The topological polar surface area (TPSA) is 121 Å². The van der Waals surface area contributed by atoms with Gasteiger partial charge in [-0.05, 0) is 98.2 Å². The number of methoxy groups -OCH3 is 1. The van der Waals surface area contributed by atoms with E-state index in [9.17, 15) is 14.7 Å². The number of rotatable bonds is 8. The van der Waals surface area contributed by atoms with Gasteiger partial charge in [-0.3, -0.25) is 9.59 Å². The molecule has 8 nitrogen and oxygen atoms in total. The highest BCUT2D eigenvalue weighted by molar-refractivity contribution is 5.98. The minimum atomic E-state index is -0.871. The minimum Gasteiger partial charge on any atom is -0.481 e. The number of carboxylic acid groups (broad SMARTS) is 1. The maximum absolute atomic E-state index is 12.1. The molecular formula is C35H36N4O4. The van der Waals surface area contributed by atoms with Crippen LogP contribution in [0.5, 0.6) is 0 Å². The SMILES string of the molecule is C=CC1=C(C)c2cc3nc(cc4[nH]c(cc5[nH]c(cc1n2)c(C)c5C=C)c(C)c4CCC(=O)OC)C(CCC(=O)O)=C3C. The fourth-order valence-electron chi connectivity index (χ4n) is 5.87. The van der Waals surface area contributed by atoms with Gasteiger partial charge in [-0.1, -0.05) is 25.3 Å². The van der Waals surface area contributed by atoms with Crippen LogP contribution in [-0.4, -0.2) is 44.1 Å². The van der Waals surface area contributed by atoms with Crippen molar-refractivity contribution in [3.8, 4) is 0 Å². The van der Waals surface area contributed by atoms with Gasteiger partial charge in [0.25, 0.3) is 0 Å². The fraction of sp³-hybridized carbons (Fsp3) is 0.257. The second kappa shape index (κ2) is 11.7. The van der Waals surface area contributed by atoms with E-state index in [2.05, 4.69) is 36.1 Å². The van der Waals surface area contributed by atoms with Gasteiger partial charge in [-0.2, -0.15) is 0 Å². The lowest BCUT2D eigenvalue weighted by Crippen LogP contribution is -2.02. The van der Waals surface area contributed by atoms with Crippen LogP contribution >= 0.6 is 0 Å². The van der Waals surface area contributed by atoms with Crippen LogP contribution in [0.3, 0.4) is 0 Å². The van der Waals surface area contributed by atoms with Gasteiger partial charge in [0.1, 0.15) is 0 Å². The fourth-order valence-corrected chi connectivity index (χ4v) is 5.87. The Morgan fingerprint density at radius 2 is 1.44 bits per heavy atom. The van der Waals surface area contributed by atoms with Gasteiger partial charge < -0.3 is 19.8 Å². The highest BCUT2D eigenvalue weighted by atomic mass is 16.5. The molecule has 3 aromatic heterocycles. The largest absolute Gasteiger partial charge is 0.481 e. The second-order valence-electron chi connectivity index (χ2n) is 10.9. The number of aromatic nitrogens is 4. The smallest absolute Gasteiger partial charge is 0.305 e. The number of aliphatic carboxylic acids is 1. The normalized spacial score (nSPS) is 13.0. The molecule has 0 saturated heterocycles. The maximum Gasteiger partial charge on any atom is 0.305 e. The van der Waals surface area contributed by atoms with Crippen molar-refractivity contribution in [2.75, 3.05) is 7.11 Å². The predicted octanol–water partition coefficient (Wildman–Crippen LogP) is 7.59. The third kappa shape index (κ3) is 5.48. The van der Waals surface area contributed by atoms with Crippen LogP contribution in [0.2, 0.25) is 0 Å².